The molecule has 0 radical (unpaired) electrons. The van der Waals surface area contributed by atoms with Gasteiger partial charge in [-0.2, -0.15) is 5.10 Å². The molecule has 0 aliphatic carbocycles. The van der Waals surface area contributed by atoms with Crippen LogP contribution >= 0.6 is 0 Å². The van der Waals surface area contributed by atoms with Crippen molar-refractivity contribution >= 4 is 0 Å². The van der Waals surface area contributed by atoms with Crippen LogP contribution in [0.3, 0.4) is 0 Å². The van der Waals surface area contributed by atoms with Crippen molar-refractivity contribution in [2.75, 3.05) is 13.1 Å². The summed E-state index contributed by atoms with van der Waals surface area (Å²) < 4.78 is 2.12. The number of nitrogens with one attached hydrogen (secondary N) is 1. The molecule has 2 atom stereocenters. The van der Waals surface area contributed by atoms with Crippen LogP contribution < -0.4 is 5.32 Å². The van der Waals surface area contributed by atoms with Gasteiger partial charge in [0.25, 0.3) is 0 Å². The van der Waals surface area contributed by atoms with Crippen LogP contribution in [0.1, 0.15) is 38.3 Å². The molecule has 1 aromatic heterocycles. The summed E-state index contributed by atoms with van der Waals surface area (Å²) in [7, 11) is 0. The van der Waals surface area contributed by atoms with Gasteiger partial charge in [-0.05, 0) is 51.8 Å². The summed E-state index contributed by atoms with van der Waals surface area (Å²) in [4.78, 5) is 2.66. The molecule has 18 heavy (non-hydrogen) atoms. The highest BCUT2D eigenvalue weighted by Crippen LogP contribution is 2.26. The van der Waals surface area contributed by atoms with Crippen LogP contribution in [-0.4, -0.2) is 39.9 Å². The zero-order valence-corrected chi connectivity index (χ0v) is 11.3. The van der Waals surface area contributed by atoms with Gasteiger partial charge < -0.3 is 5.32 Å². The first-order valence-corrected chi connectivity index (χ1v) is 7.36. The van der Waals surface area contributed by atoms with E-state index in [9.17, 15) is 0 Å². The fourth-order valence-electron chi connectivity index (χ4n) is 3.53. The smallest absolute Gasteiger partial charge is 0.0524 e. The van der Waals surface area contributed by atoms with E-state index in [4.69, 9.17) is 0 Å². The third kappa shape index (κ3) is 2.31. The van der Waals surface area contributed by atoms with E-state index in [0.717, 1.165) is 25.2 Å². The highest BCUT2D eigenvalue weighted by Gasteiger charge is 2.33. The monoisotopic (exact) mass is 248 g/mol. The Labute approximate surface area is 109 Å². The van der Waals surface area contributed by atoms with E-state index in [1.807, 2.05) is 6.20 Å². The number of nitrogens with zero attached hydrogens (tertiary/aromatic N) is 3. The van der Waals surface area contributed by atoms with Gasteiger partial charge in [0.1, 0.15) is 0 Å². The molecule has 3 heterocycles. The van der Waals surface area contributed by atoms with Gasteiger partial charge in [0.05, 0.1) is 5.69 Å². The fraction of sp³-hybridized carbons (Fsp3) is 0.786. The molecule has 2 aliphatic rings. The zero-order valence-electron chi connectivity index (χ0n) is 11.3. The Balaban J connectivity index is 1.67. The minimum atomic E-state index is 0.727. The van der Waals surface area contributed by atoms with E-state index < -0.39 is 0 Å². The predicted octanol–water partition coefficient (Wildman–Crippen LogP) is 1.62. The maximum atomic E-state index is 4.37. The number of aryl methyl sites for hydroxylation is 1. The molecule has 0 amide bonds. The van der Waals surface area contributed by atoms with Crippen molar-refractivity contribution in [2.24, 2.45) is 0 Å². The third-order valence-corrected chi connectivity index (χ3v) is 4.45. The minimum Gasteiger partial charge on any atom is -0.312 e. The van der Waals surface area contributed by atoms with Gasteiger partial charge in [0, 0.05) is 31.4 Å². The summed E-state index contributed by atoms with van der Waals surface area (Å²) in [5, 5.41) is 8.05. The lowest BCUT2D eigenvalue weighted by atomic mass is 10.0. The van der Waals surface area contributed by atoms with Crippen molar-refractivity contribution < 1.29 is 0 Å². The van der Waals surface area contributed by atoms with Gasteiger partial charge in [-0.25, -0.2) is 0 Å². The standard InChI is InChI=1S/C14H24N4/c1-2-18-12(7-9-16-18)11-17-10-4-6-14(17)13-5-3-8-15-13/h7,9,13-15H,2-6,8,10-11H2,1H3. The van der Waals surface area contributed by atoms with E-state index in [1.54, 1.807) is 0 Å². The molecular weight excluding hydrogens is 224 g/mol. The molecule has 2 aliphatic heterocycles. The maximum absolute atomic E-state index is 4.37. The second-order valence-corrected chi connectivity index (χ2v) is 5.52. The van der Waals surface area contributed by atoms with Crippen LogP contribution in [0.4, 0.5) is 0 Å². The molecule has 1 aromatic rings. The van der Waals surface area contributed by atoms with Crippen molar-refractivity contribution in [3.63, 3.8) is 0 Å². The number of hydrogen-bond donors (Lipinski definition) is 1. The Morgan fingerprint density at radius 1 is 1.39 bits per heavy atom. The Kier molecular flexibility index (Phi) is 3.66. The van der Waals surface area contributed by atoms with Crippen molar-refractivity contribution in [3.8, 4) is 0 Å². The van der Waals surface area contributed by atoms with Crippen LogP contribution in [-0.2, 0) is 13.1 Å². The quantitative estimate of drug-likeness (QED) is 0.879. The second kappa shape index (κ2) is 5.41. The molecule has 100 valence electrons. The second-order valence-electron chi connectivity index (χ2n) is 5.52. The van der Waals surface area contributed by atoms with E-state index in [2.05, 4.69) is 33.0 Å². The van der Waals surface area contributed by atoms with Gasteiger partial charge in [0.15, 0.2) is 0 Å². The van der Waals surface area contributed by atoms with E-state index in [-0.39, 0.29) is 0 Å². The molecule has 0 spiro atoms. The average Bonchev–Trinajstić information content (AvgIpc) is 3.09. The van der Waals surface area contributed by atoms with Crippen LogP contribution in [0, 0.1) is 0 Å². The molecule has 3 rings (SSSR count). The number of rotatable bonds is 4. The molecule has 0 saturated carbocycles. The lowest BCUT2D eigenvalue weighted by Crippen LogP contribution is -2.43. The summed E-state index contributed by atoms with van der Waals surface area (Å²) >= 11 is 0. The first-order chi connectivity index (χ1) is 8.88. The summed E-state index contributed by atoms with van der Waals surface area (Å²) in [6.45, 7) is 6.66. The molecule has 0 aromatic carbocycles. The van der Waals surface area contributed by atoms with E-state index in [1.165, 1.54) is 44.5 Å². The molecule has 0 bridgehead atoms. The summed E-state index contributed by atoms with van der Waals surface area (Å²) in [6, 6.07) is 3.64. The van der Waals surface area contributed by atoms with Crippen molar-refractivity contribution in [2.45, 2.75) is 57.8 Å². The number of aromatic nitrogens is 2. The van der Waals surface area contributed by atoms with Crippen LogP contribution in [0.2, 0.25) is 0 Å². The lowest BCUT2D eigenvalue weighted by Gasteiger charge is -2.29. The van der Waals surface area contributed by atoms with Crippen LogP contribution in [0.15, 0.2) is 12.3 Å². The first kappa shape index (κ1) is 12.2. The Morgan fingerprint density at radius 3 is 3.11 bits per heavy atom. The molecule has 2 fully saturated rings. The molecule has 2 unspecified atom stereocenters. The normalized spacial score (nSPS) is 29.2. The van der Waals surface area contributed by atoms with E-state index in [0.29, 0.717) is 0 Å². The van der Waals surface area contributed by atoms with Gasteiger partial charge in [-0.1, -0.05) is 0 Å². The molecule has 1 N–H and O–H groups in total. The van der Waals surface area contributed by atoms with Crippen LogP contribution in [0.5, 0.6) is 0 Å². The SMILES string of the molecule is CCn1nccc1CN1CCCC1C1CCCN1. The van der Waals surface area contributed by atoms with Crippen molar-refractivity contribution in [1.29, 1.82) is 0 Å². The summed E-state index contributed by atoms with van der Waals surface area (Å²) in [5.74, 6) is 0. The van der Waals surface area contributed by atoms with E-state index >= 15 is 0 Å². The summed E-state index contributed by atoms with van der Waals surface area (Å²) in [6.07, 6.45) is 7.34. The maximum Gasteiger partial charge on any atom is 0.0524 e. The van der Waals surface area contributed by atoms with Gasteiger partial charge in [-0.3, -0.25) is 9.58 Å². The summed E-state index contributed by atoms with van der Waals surface area (Å²) in [5.41, 5.74) is 1.36. The highest BCUT2D eigenvalue weighted by atomic mass is 15.3. The molecule has 2 saturated heterocycles. The van der Waals surface area contributed by atoms with Crippen LogP contribution in [0.25, 0.3) is 0 Å². The zero-order chi connectivity index (χ0) is 12.4. The molecule has 4 heteroatoms. The third-order valence-electron chi connectivity index (χ3n) is 4.45. The largest absolute Gasteiger partial charge is 0.312 e. The Hall–Kier alpha value is -0.870. The van der Waals surface area contributed by atoms with Gasteiger partial charge in [-0.15, -0.1) is 0 Å². The molecular formula is C14H24N4. The lowest BCUT2D eigenvalue weighted by molar-refractivity contribution is 0.201. The van der Waals surface area contributed by atoms with Crippen molar-refractivity contribution in [1.82, 2.24) is 20.0 Å². The Morgan fingerprint density at radius 2 is 2.33 bits per heavy atom. The first-order valence-electron chi connectivity index (χ1n) is 7.36. The van der Waals surface area contributed by atoms with Gasteiger partial charge >= 0.3 is 0 Å². The van der Waals surface area contributed by atoms with Crippen molar-refractivity contribution in [3.05, 3.63) is 18.0 Å². The highest BCUT2D eigenvalue weighted by molar-refractivity contribution is 5.03. The minimum absolute atomic E-state index is 0.727. The van der Waals surface area contributed by atoms with Gasteiger partial charge in [0.2, 0.25) is 0 Å². The molecule has 4 nitrogen and oxygen atoms in total. The topological polar surface area (TPSA) is 33.1 Å². The average molecular weight is 248 g/mol. The predicted molar refractivity (Wildman–Crippen MR) is 72.4 cm³/mol. The Bertz CT molecular complexity index is 381. The number of hydrogen-bond acceptors (Lipinski definition) is 3. The number of likely N-dealkylation sites (tertiary alicyclic amines) is 1. The fourth-order valence-corrected chi connectivity index (χ4v) is 3.53.